The SMILES string of the molecule is COc1ccccc1[C@@H](C)NC(=O)[C@@H](C)N(c1cccc(Cl)c1)S(C)(=O)=O. The van der Waals surface area contributed by atoms with E-state index in [0.29, 0.717) is 16.5 Å². The van der Waals surface area contributed by atoms with E-state index in [-0.39, 0.29) is 6.04 Å². The van der Waals surface area contributed by atoms with Gasteiger partial charge in [-0.3, -0.25) is 9.10 Å². The number of anilines is 1. The van der Waals surface area contributed by atoms with Gasteiger partial charge in [0, 0.05) is 10.6 Å². The Labute approximate surface area is 165 Å². The lowest BCUT2D eigenvalue weighted by atomic mass is 10.1. The van der Waals surface area contributed by atoms with Gasteiger partial charge in [-0.1, -0.05) is 35.9 Å². The fourth-order valence-electron chi connectivity index (χ4n) is 2.86. The third-order valence-electron chi connectivity index (χ3n) is 4.12. The van der Waals surface area contributed by atoms with Crippen molar-refractivity contribution in [1.82, 2.24) is 5.32 Å². The molecule has 0 saturated carbocycles. The maximum atomic E-state index is 12.8. The molecular formula is C19H23ClN2O4S. The number of nitrogens with one attached hydrogen (secondary N) is 1. The molecule has 0 aliphatic heterocycles. The summed E-state index contributed by atoms with van der Waals surface area (Å²) in [5.74, 6) is 0.214. The number of halogens is 1. The molecule has 0 aromatic heterocycles. The molecule has 27 heavy (non-hydrogen) atoms. The van der Waals surface area contributed by atoms with Crippen molar-refractivity contribution in [1.29, 1.82) is 0 Å². The highest BCUT2D eigenvalue weighted by molar-refractivity contribution is 7.92. The van der Waals surface area contributed by atoms with Gasteiger partial charge < -0.3 is 10.1 Å². The number of hydrogen-bond donors (Lipinski definition) is 1. The molecule has 6 nitrogen and oxygen atoms in total. The Morgan fingerprint density at radius 2 is 1.81 bits per heavy atom. The summed E-state index contributed by atoms with van der Waals surface area (Å²) >= 11 is 5.99. The van der Waals surface area contributed by atoms with Gasteiger partial charge in [0.05, 0.1) is 25.1 Å². The minimum Gasteiger partial charge on any atom is -0.496 e. The number of ether oxygens (including phenoxy) is 1. The number of benzene rings is 2. The van der Waals surface area contributed by atoms with E-state index < -0.39 is 22.0 Å². The van der Waals surface area contributed by atoms with Crippen LogP contribution in [0.4, 0.5) is 5.69 Å². The Hall–Kier alpha value is -2.25. The summed E-state index contributed by atoms with van der Waals surface area (Å²) < 4.78 is 31.0. The van der Waals surface area contributed by atoms with E-state index in [9.17, 15) is 13.2 Å². The average molecular weight is 411 g/mol. The van der Waals surface area contributed by atoms with Crippen LogP contribution in [0.3, 0.4) is 0 Å². The van der Waals surface area contributed by atoms with Crippen LogP contribution in [-0.2, 0) is 14.8 Å². The zero-order valence-corrected chi connectivity index (χ0v) is 17.2. The molecule has 146 valence electrons. The predicted molar refractivity (Wildman–Crippen MR) is 108 cm³/mol. The third-order valence-corrected chi connectivity index (χ3v) is 5.59. The summed E-state index contributed by atoms with van der Waals surface area (Å²) in [5.41, 5.74) is 1.13. The van der Waals surface area contributed by atoms with Crippen LogP contribution < -0.4 is 14.4 Å². The number of carbonyl (C=O) groups is 1. The zero-order valence-electron chi connectivity index (χ0n) is 15.6. The molecule has 2 atom stereocenters. The molecule has 0 radical (unpaired) electrons. The molecule has 2 rings (SSSR count). The largest absolute Gasteiger partial charge is 0.496 e. The topological polar surface area (TPSA) is 75.7 Å². The molecule has 1 amide bonds. The van der Waals surface area contributed by atoms with Gasteiger partial charge in [0.1, 0.15) is 11.8 Å². The van der Waals surface area contributed by atoms with Crippen molar-refractivity contribution < 1.29 is 17.9 Å². The van der Waals surface area contributed by atoms with E-state index in [4.69, 9.17) is 16.3 Å². The van der Waals surface area contributed by atoms with Crippen molar-refractivity contribution in [2.45, 2.75) is 25.9 Å². The van der Waals surface area contributed by atoms with Crippen molar-refractivity contribution in [2.75, 3.05) is 17.7 Å². The van der Waals surface area contributed by atoms with Gasteiger partial charge in [-0.25, -0.2) is 8.42 Å². The number of para-hydroxylation sites is 1. The highest BCUT2D eigenvalue weighted by atomic mass is 35.5. The van der Waals surface area contributed by atoms with Crippen LogP contribution in [0, 0.1) is 0 Å². The monoisotopic (exact) mass is 410 g/mol. The van der Waals surface area contributed by atoms with E-state index >= 15 is 0 Å². The van der Waals surface area contributed by atoms with Crippen LogP contribution in [0.2, 0.25) is 5.02 Å². The molecule has 8 heteroatoms. The van der Waals surface area contributed by atoms with E-state index in [0.717, 1.165) is 16.1 Å². The molecule has 0 heterocycles. The second kappa shape index (κ2) is 8.63. The first kappa shape index (κ1) is 21.1. The molecule has 0 fully saturated rings. The van der Waals surface area contributed by atoms with Crippen molar-refractivity contribution in [3.05, 3.63) is 59.1 Å². The van der Waals surface area contributed by atoms with E-state index in [1.165, 1.54) is 13.0 Å². The molecule has 2 aromatic carbocycles. The molecule has 0 unspecified atom stereocenters. The Morgan fingerprint density at radius 3 is 2.41 bits per heavy atom. The van der Waals surface area contributed by atoms with Crippen molar-refractivity contribution in [2.24, 2.45) is 0 Å². The number of nitrogens with zero attached hydrogens (tertiary/aromatic N) is 1. The molecular weight excluding hydrogens is 388 g/mol. The fourth-order valence-corrected chi connectivity index (χ4v) is 4.21. The molecule has 0 aliphatic carbocycles. The van der Waals surface area contributed by atoms with Crippen molar-refractivity contribution >= 4 is 33.2 Å². The van der Waals surface area contributed by atoms with Gasteiger partial charge in [-0.2, -0.15) is 0 Å². The molecule has 2 aromatic rings. The quantitative estimate of drug-likeness (QED) is 0.759. The second-order valence-electron chi connectivity index (χ2n) is 6.19. The first-order valence-corrected chi connectivity index (χ1v) is 10.6. The maximum Gasteiger partial charge on any atom is 0.244 e. The average Bonchev–Trinajstić information content (AvgIpc) is 2.60. The van der Waals surface area contributed by atoms with Gasteiger partial charge >= 0.3 is 0 Å². The highest BCUT2D eigenvalue weighted by Gasteiger charge is 2.30. The standard InChI is InChI=1S/C19H23ClN2O4S/c1-13(17-10-5-6-11-18(17)26-3)21-19(23)14(2)22(27(4,24)25)16-9-7-8-15(20)12-16/h5-14H,1-4H3,(H,21,23)/t13-,14-/m1/s1. The number of rotatable bonds is 7. The minimum absolute atomic E-state index is 0.331. The lowest BCUT2D eigenvalue weighted by Gasteiger charge is -2.29. The number of methoxy groups -OCH3 is 1. The van der Waals surface area contributed by atoms with Crippen LogP contribution >= 0.6 is 11.6 Å². The Bertz CT molecular complexity index is 917. The summed E-state index contributed by atoms with van der Waals surface area (Å²) in [7, 11) is -2.15. The Kier molecular flexibility index (Phi) is 6.73. The van der Waals surface area contributed by atoms with Gasteiger partial charge in [-0.05, 0) is 38.1 Å². The van der Waals surface area contributed by atoms with E-state index in [2.05, 4.69) is 5.32 Å². The highest BCUT2D eigenvalue weighted by Crippen LogP contribution is 2.26. The van der Waals surface area contributed by atoms with Crippen LogP contribution in [0.5, 0.6) is 5.75 Å². The fraction of sp³-hybridized carbons (Fsp3) is 0.316. The van der Waals surface area contributed by atoms with Gasteiger partial charge in [0.15, 0.2) is 0 Å². The number of amides is 1. The molecule has 0 bridgehead atoms. The Morgan fingerprint density at radius 1 is 1.15 bits per heavy atom. The summed E-state index contributed by atoms with van der Waals surface area (Å²) in [6.07, 6.45) is 1.06. The predicted octanol–water partition coefficient (Wildman–Crippen LogP) is 3.38. The molecule has 0 aliphatic rings. The number of sulfonamides is 1. The van der Waals surface area contributed by atoms with Gasteiger partial charge in [0.2, 0.25) is 15.9 Å². The minimum atomic E-state index is -3.70. The Balaban J connectivity index is 2.27. The zero-order chi connectivity index (χ0) is 20.2. The van der Waals surface area contributed by atoms with E-state index in [1.807, 2.05) is 25.1 Å². The first-order chi connectivity index (χ1) is 12.6. The summed E-state index contributed by atoms with van der Waals surface area (Å²) in [4.78, 5) is 12.8. The number of hydrogen-bond acceptors (Lipinski definition) is 4. The molecule has 0 spiro atoms. The maximum absolute atomic E-state index is 12.8. The van der Waals surface area contributed by atoms with Crippen LogP contribution in [0.15, 0.2) is 48.5 Å². The van der Waals surface area contributed by atoms with Gasteiger partial charge in [0.25, 0.3) is 0 Å². The van der Waals surface area contributed by atoms with Crippen LogP contribution in [-0.4, -0.2) is 33.7 Å². The first-order valence-electron chi connectivity index (χ1n) is 8.33. The van der Waals surface area contributed by atoms with E-state index in [1.54, 1.807) is 31.4 Å². The van der Waals surface area contributed by atoms with Crippen LogP contribution in [0.25, 0.3) is 0 Å². The third kappa shape index (κ3) is 5.14. The van der Waals surface area contributed by atoms with Crippen molar-refractivity contribution in [3.8, 4) is 5.75 Å². The normalized spacial score (nSPS) is 13.5. The smallest absolute Gasteiger partial charge is 0.244 e. The second-order valence-corrected chi connectivity index (χ2v) is 8.48. The number of carbonyl (C=O) groups excluding carboxylic acids is 1. The lowest BCUT2D eigenvalue weighted by Crippen LogP contribution is -2.48. The summed E-state index contributed by atoms with van der Waals surface area (Å²) in [5, 5.41) is 3.23. The molecule has 1 N–H and O–H groups in total. The van der Waals surface area contributed by atoms with Crippen LogP contribution in [0.1, 0.15) is 25.5 Å². The summed E-state index contributed by atoms with van der Waals surface area (Å²) in [6, 6.07) is 12.4. The van der Waals surface area contributed by atoms with Crippen molar-refractivity contribution in [3.63, 3.8) is 0 Å². The van der Waals surface area contributed by atoms with Gasteiger partial charge in [-0.15, -0.1) is 0 Å². The summed E-state index contributed by atoms with van der Waals surface area (Å²) in [6.45, 7) is 3.35. The lowest BCUT2D eigenvalue weighted by molar-refractivity contribution is -0.122. The molecule has 0 saturated heterocycles.